The van der Waals surface area contributed by atoms with Crippen molar-refractivity contribution in [1.82, 2.24) is 4.98 Å². The van der Waals surface area contributed by atoms with E-state index in [2.05, 4.69) is 15.2 Å². The number of fused-ring (bicyclic) bond motifs is 1. The summed E-state index contributed by atoms with van der Waals surface area (Å²) in [6.07, 6.45) is 4.90. The Kier molecular flexibility index (Phi) is 2.50. The molecule has 0 aromatic carbocycles. The molecule has 0 unspecified atom stereocenters. The molecule has 0 saturated heterocycles. The molecular formula is C13H17N3O. The van der Waals surface area contributed by atoms with Gasteiger partial charge < -0.3 is 10.2 Å². The summed E-state index contributed by atoms with van der Waals surface area (Å²) >= 11 is 0. The van der Waals surface area contributed by atoms with Crippen LogP contribution in [0.4, 0.5) is 11.5 Å². The first-order valence-corrected chi connectivity index (χ1v) is 6.28. The van der Waals surface area contributed by atoms with Crippen LogP contribution >= 0.6 is 0 Å². The molecule has 17 heavy (non-hydrogen) atoms. The Morgan fingerprint density at radius 1 is 1.35 bits per heavy atom. The number of carbonyl (C=O) groups is 1. The molecule has 1 fully saturated rings. The summed E-state index contributed by atoms with van der Waals surface area (Å²) in [5.74, 6) is 1.03. The van der Waals surface area contributed by atoms with Crippen molar-refractivity contribution >= 4 is 17.4 Å². The number of hydrogen-bond acceptors (Lipinski definition) is 3. The summed E-state index contributed by atoms with van der Waals surface area (Å²) in [6.45, 7) is 2.44. The molecule has 2 heterocycles. The fourth-order valence-corrected chi connectivity index (χ4v) is 2.80. The van der Waals surface area contributed by atoms with Crippen molar-refractivity contribution in [1.29, 1.82) is 0 Å². The van der Waals surface area contributed by atoms with E-state index in [1.54, 1.807) is 0 Å². The van der Waals surface area contributed by atoms with Crippen molar-refractivity contribution in [2.24, 2.45) is 0 Å². The summed E-state index contributed by atoms with van der Waals surface area (Å²) in [5, 5.41) is 2.90. The van der Waals surface area contributed by atoms with Gasteiger partial charge in [-0.1, -0.05) is 12.8 Å². The summed E-state index contributed by atoms with van der Waals surface area (Å²) in [7, 11) is 0. The van der Waals surface area contributed by atoms with Crippen LogP contribution in [0.25, 0.3) is 0 Å². The number of anilines is 2. The lowest BCUT2D eigenvalue weighted by Crippen LogP contribution is -2.44. The maximum absolute atomic E-state index is 11.7. The third kappa shape index (κ3) is 1.88. The lowest BCUT2D eigenvalue weighted by molar-refractivity contribution is -0.115. The Morgan fingerprint density at radius 2 is 2.12 bits per heavy atom. The number of pyridine rings is 1. The molecule has 1 N–H and O–H groups in total. The zero-order valence-corrected chi connectivity index (χ0v) is 10.1. The highest BCUT2D eigenvalue weighted by Crippen LogP contribution is 2.33. The number of amides is 1. The molecule has 0 atom stereocenters. The average molecular weight is 231 g/mol. The average Bonchev–Trinajstić information content (AvgIpc) is 2.82. The first kappa shape index (κ1) is 10.6. The van der Waals surface area contributed by atoms with Gasteiger partial charge in [0.2, 0.25) is 5.91 Å². The molecule has 1 aromatic heterocycles. The molecule has 1 amide bonds. The van der Waals surface area contributed by atoms with Gasteiger partial charge in [0.15, 0.2) is 5.82 Å². The Balaban J connectivity index is 1.99. The summed E-state index contributed by atoms with van der Waals surface area (Å²) in [4.78, 5) is 18.5. The molecular weight excluding hydrogens is 214 g/mol. The van der Waals surface area contributed by atoms with E-state index in [0.717, 1.165) is 17.2 Å². The first-order chi connectivity index (χ1) is 8.24. The van der Waals surface area contributed by atoms with E-state index < -0.39 is 0 Å². The van der Waals surface area contributed by atoms with Crippen LogP contribution < -0.4 is 10.2 Å². The smallest absolute Gasteiger partial charge is 0.244 e. The third-order valence-electron chi connectivity index (χ3n) is 3.64. The molecule has 1 aromatic rings. The Morgan fingerprint density at radius 3 is 2.88 bits per heavy atom. The standard InChI is InChI=1S/C13H17N3O/c1-9-6-7-11-13(14-9)16(8-12(17)15-11)10-4-2-3-5-10/h6-7,10H,2-5,8H2,1H3,(H,15,17). The Labute approximate surface area is 101 Å². The van der Waals surface area contributed by atoms with Crippen LogP contribution in [0.1, 0.15) is 31.4 Å². The largest absolute Gasteiger partial charge is 0.343 e. The molecule has 1 aliphatic heterocycles. The van der Waals surface area contributed by atoms with E-state index in [-0.39, 0.29) is 5.91 Å². The second-order valence-corrected chi connectivity index (χ2v) is 4.94. The Bertz CT molecular complexity index is 452. The van der Waals surface area contributed by atoms with Gasteiger partial charge in [0.25, 0.3) is 0 Å². The summed E-state index contributed by atoms with van der Waals surface area (Å²) in [5.41, 5.74) is 1.86. The number of nitrogens with one attached hydrogen (secondary N) is 1. The predicted molar refractivity (Wildman–Crippen MR) is 67.2 cm³/mol. The number of hydrogen-bond donors (Lipinski definition) is 1. The van der Waals surface area contributed by atoms with E-state index in [9.17, 15) is 4.79 Å². The SMILES string of the molecule is Cc1ccc2c(n1)N(C1CCCC1)CC(=O)N2. The van der Waals surface area contributed by atoms with Gasteiger partial charge in [-0.15, -0.1) is 0 Å². The number of nitrogens with zero attached hydrogens (tertiary/aromatic N) is 2. The monoisotopic (exact) mass is 231 g/mol. The minimum atomic E-state index is 0.0788. The van der Waals surface area contributed by atoms with Crippen molar-refractivity contribution in [2.45, 2.75) is 38.6 Å². The van der Waals surface area contributed by atoms with Crippen LogP contribution in [-0.4, -0.2) is 23.5 Å². The minimum Gasteiger partial charge on any atom is -0.343 e. The van der Waals surface area contributed by atoms with E-state index in [1.807, 2.05) is 19.1 Å². The van der Waals surface area contributed by atoms with Gasteiger partial charge in [-0.3, -0.25) is 4.79 Å². The molecule has 4 heteroatoms. The molecule has 1 aliphatic carbocycles. The van der Waals surface area contributed by atoms with Crippen LogP contribution in [0.2, 0.25) is 0 Å². The quantitative estimate of drug-likeness (QED) is 0.805. The summed E-state index contributed by atoms with van der Waals surface area (Å²) < 4.78 is 0. The minimum absolute atomic E-state index is 0.0788. The maximum atomic E-state index is 11.7. The predicted octanol–water partition coefficient (Wildman–Crippen LogP) is 2.09. The van der Waals surface area contributed by atoms with Gasteiger partial charge in [0, 0.05) is 11.7 Å². The maximum Gasteiger partial charge on any atom is 0.244 e. The third-order valence-corrected chi connectivity index (χ3v) is 3.64. The van der Waals surface area contributed by atoms with Gasteiger partial charge in [-0.2, -0.15) is 0 Å². The van der Waals surface area contributed by atoms with Crippen molar-refractivity contribution < 1.29 is 4.79 Å². The topological polar surface area (TPSA) is 45.2 Å². The van der Waals surface area contributed by atoms with Gasteiger partial charge in [-0.05, 0) is 31.9 Å². The van der Waals surface area contributed by atoms with E-state index in [1.165, 1.54) is 25.7 Å². The number of aryl methyl sites for hydroxylation is 1. The van der Waals surface area contributed by atoms with Crippen LogP contribution in [0.5, 0.6) is 0 Å². The summed E-state index contributed by atoms with van der Waals surface area (Å²) in [6, 6.07) is 4.39. The second-order valence-electron chi connectivity index (χ2n) is 4.94. The zero-order valence-electron chi connectivity index (χ0n) is 10.1. The van der Waals surface area contributed by atoms with Crippen molar-refractivity contribution in [3.05, 3.63) is 17.8 Å². The highest BCUT2D eigenvalue weighted by atomic mass is 16.2. The molecule has 0 spiro atoms. The molecule has 2 aliphatic rings. The normalized spacial score (nSPS) is 20.3. The van der Waals surface area contributed by atoms with E-state index >= 15 is 0 Å². The number of rotatable bonds is 1. The van der Waals surface area contributed by atoms with Crippen molar-refractivity contribution in [2.75, 3.05) is 16.8 Å². The first-order valence-electron chi connectivity index (χ1n) is 6.28. The van der Waals surface area contributed by atoms with E-state index in [4.69, 9.17) is 0 Å². The van der Waals surface area contributed by atoms with Gasteiger partial charge in [-0.25, -0.2) is 4.98 Å². The fraction of sp³-hybridized carbons (Fsp3) is 0.538. The lowest BCUT2D eigenvalue weighted by Gasteiger charge is -2.34. The fourth-order valence-electron chi connectivity index (χ4n) is 2.80. The van der Waals surface area contributed by atoms with E-state index in [0.29, 0.717) is 12.6 Å². The Hall–Kier alpha value is -1.58. The molecule has 0 radical (unpaired) electrons. The van der Waals surface area contributed by atoms with Gasteiger partial charge >= 0.3 is 0 Å². The van der Waals surface area contributed by atoms with Crippen LogP contribution in [0.15, 0.2) is 12.1 Å². The van der Waals surface area contributed by atoms with Crippen LogP contribution in [0.3, 0.4) is 0 Å². The van der Waals surface area contributed by atoms with Crippen LogP contribution in [-0.2, 0) is 4.79 Å². The lowest BCUT2D eigenvalue weighted by atomic mass is 10.1. The molecule has 1 saturated carbocycles. The van der Waals surface area contributed by atoms with Crippen molar-refractivity contribution in [3.8, 4) is 0 Å². The second kappa shape index (κ2) is 4.02. The highest BCUT2D eigenvalue weighted by molar-refractivity contribution is 6.00. The highest BCUT2D eigenvalue weighted by Gasteiger charge is 2.30. The molecule has 90 valence electrons. The van der Waals surface area contributed by atoms with Gasteiger partial charge in [0.1, 0.15) is 0 Å². The molecule has 0 bridgehead atoms. The zero-order chi connectivity index (χ0) is 11.8. The number of carbonyl (C=O) groups excluding carboxylic acids is 1. The molecule has 3 rings (SSSR count). The van der Waals surface area contributed by atoms with Crippen molar-refractivity contribution in [3.63, 3.8) is 0 Å². The van der Waals surface area contributed by atoms with Gasteiger partial charge in [0.05, 0.1) is 12.2 Å². The molecule has 4 nitrogen and oxygen atoms in total. The van der Waals surface area contributed by atoms with Crippen LogP contribution in [0, 0.1) is 6.92 Å². The number of aromatic nitrogens is 1.